The Morgan fingerprint density at radius 2 is 2.00 bits per heavy atom. The minimum atomic E-state index is -0.0776. The molecule has 1 aromatic rings. The van der Waals surface area contributed by atoms with Crippen LogP contribution in [-0.2, 0) is 16.5 Å². The smallest absolute Gasteiger partial charge is 0.327 e. The van der Waals surface area contributed by atoms with Crippen molar-refractivity contribution in [1.82, 2.24) is 9.55 Å². The lowest BCUT2D eigenvalue weighted by atomic mass is 10.5. The molecule has 0 unspecified atom stereocenters. The predicted molar refractivity (Wildman–Crippen MR) is 56.0 cm³/mol. The first kappa shape index (κ1) is 11.4. The second kappa shape index (κ2) is 5.29. The number of hydrogen-bond donors (Lipinski definition) is 1. The van der Waals surface area contributed by atoms with Gasteiger partial charge >= 0.3 is 5.95 Å². The first-order valence-electron chi connectivity index (χ1n) is 4.87. The highest BCUT2D eigenvalue weighted by Crippen LogP contribution is 2.15. The van der Waals surface area contributed by atoms with E-state index >= 15 is 0 Å². The highest BCUT2D eigenvalue weighted by Gasteiger charge is 2.14. The van der Waals surface area contributed by atoms with Crippen molar-refractivity contribution < 1.29 is 14.6 Å². The van der Waals surface area contributed by atoms with Gasteiger partial charge in [0.1, 0.15) is 0 Å². The molecule has 0 saturated carbocycles. The van der Waals surface area contributed by atoms with Gasteiger partial charge in [-0.2, -0.15) is 0 Å². The van der Waals surface area contributed by atoms with Gasteiger partial charge in [0.2, 0.25) is 5.76 Å². The molecule has 15 heavy (non-hydrogen) atoms. The molecule has 0 aliphatic carbocycles. The van der Waals surface area contributed by atoms with Crippen LogP contribution in [0.3, 0.4) is 0 Å². The molecule has 1 heterocycles. The lowest BCUT2D eigenvalue weighted by Crippen LogP contribution is -2.05. The fourth-order valence-corrected chi connectivity index (χ4v) is 1.13. The minimum Gasteiger partial charge on any atom is -0.499 e. The molecule has 0 fully saturated rings. The standard InChI is InChI=1S/C10H16N2O3/c1-4-14-10(15-5-2)8(13)9-11-6-7-12(9)3/h6-7,13H,4-5H2,1-3H3. The maximum Gasteiger partial charge on any atom is 0.327 e. The highest BCUT2D eigenvalue weighted by atomic mass is 16.7. The molecule has 0 radical (unpaired) electrons. The number of aryl methyl sites for hydroxylation is 1. The molecule has 5 nitrogen and oxygen atoms in total. The number of imidazole rings is 1. The van der Waals surface area contributed by atoms with Crippen molar-refractivity contribution in [3.05, 3.63) is 24.2 Å². The summed E-state index contributed by atoms with van der Waals surface area (Å²) >= 11 is 0. The first-order valence-corrected chi connectivity index (χ1v) is 4.87. The molecule has 5 heteroatoms. The molecule has 0 bridgehead atoms. The molecular weight excluding hydrogens is 196 g/mol. The number of rotatable bonds is 5. The lowest BCUT2D eigenvalue weighted by Gasteiger charge is -2.10. The summed E-state index contributed by atoms with van der Waals surface area (Å²) in [4.78, 5) is 4.00. The topological polar surface area (TPSA) is 56.5 Å². The third kappa shape index (κ3) is 2.65. The lowest BCUT2D eigenvalue weighted by molar-refractivity contribution is 0.0424. The van der Waals surface area contributed by atoms with E-state index in [2.05, 4.69) is 4.98 Å². The van der Waals surface area contributed by atoms with E-state index in [-0.39, 0.29) is 11.7 Å². The van der Waals surface area contributed by atoms with E-state index in [1.54, 1.807) is 24.0 Å². The summed E-state index contributed by atoms with van der Waals surface area (Å²) < 4.78 is 12.0. The summed E-state index contributed by atoms with van der Waals surface area (Å²) in [5, 5.41) is 9.86. The molecule has 0 saturated heterocycles. The highest BCUT2D eigenvalue weighted by molar-refractivity contribution is 5.52. The monoisotopic (exact) mass is 212 g/mol. The molecule has 0 aromatic carbocycles. The van der Waals surface area contributed by atoms with Crippen LogP contribution >= 0.6 is 0 Å². The zero-order valence-corrected chi connectivity index (χ0v) is 9.23. The molecule has 0 amide bonds. The second-order valence-corrected chi connectivity index (χ2v) is 2.86. The number of ether oxygens (including phenoxy) is 2. The second-order valence-electron chi connectivity index (χ2n) is 2.86. The molecule has 1 aromatic heterocycles. The third-order valence-corrected chi connectivity index (χ3v) is 1.78. The summed E-state index contributed by atoms with van der Waals surface area (Å²) in [5.41, 5.74) is 0. The van der Waals surface area contributed by atoms with Gasteiger partial charge in [-0.05, 0) is 13.8 Å². The van der Waals surface area contributed by atoms with Gasteiger partial charge in [0.25, 0.3) is 0 Å². The van der Waals surface area contributed by atoms with E-state index in [0.29, 0.717) is 19.0 Å². The van der Waals surface area contributed by atoms with Gasteiger partial charge in [-0.3, -0.25) is 0 Å². The van der Waals surface area contributed by atoms with Crippen LogP contribution in [0.2, 0.25) is 0 Å². The summed E-state index contributed by atoms with van der Waals surface area (Å²) in [6, 6.07) is 0. The molecule has 0 atom stereocenters. The van der Waals surface area contributed by atoms with Crippen LogP contribution in [-0.4, -0.2) is 27.9 Å². The maximum atomic E-state index is 9.86. The zero-order chi connectivity index (χ0) is 11.3. The SMILES string of the molecule is CCOC(OCC)=C(O)c1nccn1C. The largest absolute Gasteiger partial charge is 0.499 e. The van der Waals surface area contributed by atoms with Crippen molar-refractivity contribution in [2.75, 3.05) is 13.2 Å². The van der Waals surface area contributed by atoms with E-state index in [1.165, 1.54) is 0 Å². The van der Waals surface area contributed by atoms with Gasteiger partial charge in [0.05, 0.1) is 13.2 Å². The third-order valence-electron chi connectivity index (χ3n) is 1.78. The van der Waals surface area contributed by atoms with Gasteiger partial charge < -0.3 is 19.1 Å². The van der Waals surface area contributed by atoms with E-state index < -0.39 is 0 Å². The van der Waals surface area contributed by atoms with Crippen molar-refractivity contribution in [1.29, 1.82) is 0 Å². The van der Waals surface area contributed by atoms with E-state index in [4.69, 9.17) is 9.47 Å². The first-order chi connectivity index (χ1) is 7.20. The number of nitrogens with zero attached hydrogens (tertiary/aromatic N) is 2. The Labute approximate surface area is 89.0 Å². The molecular formula is C10H16N2O3. The van der Waals surface area contributed by atoms with Gasteiger partial charge in [-0.15, -0.1) is 0 Å². The van der Waals surface area contributed by atoms with E-state index in [1.807, 2.05) is 13.8 Å². The van der Waals surface area contributed by atoms with Crippen molar-refractivity contribution in [2.45, 2.75) is 13.8 Å². The Morgan fingerprint density at radius 3 is 2.40 bits per heavy atom. The fraction of sp³-hybridized carbons (Fsp3) is 0.500. The molecule has 0 aliphatic rings. The number of aliphatic hydroxyl groups is 1. The van der Waals surface area contributed by atoms with Crippen molar-refractivity contribution in [2.24, 2.45) is 7.05 Å². The normalized spacial score (nSPS) is 9.80. The summed E-state index contributed by atoms with van der Waals surface area (Å²) in [6.45, 7) is 4.52. The minimum absolute atomic E-state index is 0.0776. The van der Waals surface area contributed by atoms with Gasteiger partial charge in [0, 0.05) is 19.4 Å². The number of hydrogen-bond acceptors (Lipinski definition) is 4. The van der Waals surface area contributed by atoms with E-state index in [9.17, 15) is 5.11 Å². The predicted octanol–water partition coefficient (Wildman–Crippen LogP) is 1.68. The number of aliphatic hydroxyl groups excluding tert-OH is 1. The van der Waals surface area contributed by atoms with Gasteiger partial charge in [-0.1, -0.05) is 0 Å². The van der Waals surface area contributed by atoms with Crippen molar-refractivity contribution >= 4 is 5.76 Å². The van der Waals surface area contributed by atoms with Gasteiger partial charge in [0.15, 0.2) is 5.82 Å². The van der Waals surface area contributed by atoms with Crippen LogP contribution in [0.4, 0.5) is 0 Å². The summed E-state index contributed by atoms with van der Waals surface area (Å²) in [6.07, 6.45) is 3.34. The Hall–Kier alpha value is -1.65. The molecule has 0 spiro atoms. The van der Waals surface area contributed by atoms with Crippen LogP contribution in [0.5, 0.6) is 0 Å². The molecule has 84 valence electrons. The van der Waals surface area contributed by atoms with Crippen LogP contribution in [0, 0.1) is 0 Å². The molecule has 1 rings (SSSR count). The quantitative estimate of drug-likeness (QED) is 0.754. The van der Waals surface area contributed by atoms with Crippen LogP contribution in [0.1, 0.15) is 19.7 Å². The van der Waals surface area contributed by atoms with Gasteiger partial charge in [-0.25, -0.2) is 4.98 Å². The number of aromatic nitrogens is 2. The summed E-state index contributed by atoms with van der Waals surface area (Å²) in [7, 11) is 1.79. The average Bonchev–Trinajstić information content (AvgIpc) is 2.63. The Balaban J connectivity index is 2.98. The average molecular weight is 212 g/mol. The summed E-state index contributed by atoms with van der Waals surface area (Å²) in [5.74, 6) is 0.465. The Morgan fingerprint density at radius 1 is 1.40 bits per heavy atom. The van der Waals surface area contributed by atoms with E-state index in [0.717, 1.165) is 0 Å². The maximum absolute atomic E-state index is 9.86. The van der Waals surface area contributed by atoms with Crippen LogP contribution in [0.25, 0.3) is 5.76 Å². The zero-order valence-electron chi connectivity index (χ0n) is 9.23. The van der Waals surface area contributed by atoms with Crippen molar-refractivity contribution in [3.63, 3.8) is 0 Å². The van der Waals surface area contributed by atoms with Crippen molar-refractivity contribution in [3.8, 4) is 0 Å². The fourth-order valence-electron chi connectivity index (χ4n) is 1.13. The van der Waals surface area contributed by atoms with Crippen LogP contribution in [0.15, 0.2) is 18.3 Å². The Bertz CT molecular complexity index is 336. The van der Waals surface area contributed by atoms with Crippen LogP contribution < -0.4 is 0 Å². The molecule has 0 aliphatic heterocycles. The Kier molecular flexibility index (Phi) is 4.03. The molecule has 1 N–H and O–H groups in total.